The molecule has 2 N–H and O–H groups in total. The summed E-state index contributed by atoms with van der Waals surface area (Å²) in [7, 11) is 3.08. The number of urea groups is 1. The average Bonchev–Trinajstić information content (AvgIpc) is 2.78. The van der Waals surface area contributed by atoms with Gasteiger partial charge in [0.1, 0.15) is 11.5 Å². The summed E-state index contributed by atoms with van der Waals surface area (Å²) in [5.74, 6) is 1.14. The second-order valence-electron chi connectivity index (χ2n) is 6.62. The predicted octanol–water partition coefficient (Wildman–Crippen LogP) is 3.79. The van der Waals surface area contributed by atoms with E-state index in [0.29, 0.717) is 47.4 Å². The Kier molecular flexibility index (Phi) is 7.50. The van der Waals surface area contributed by atoms with Crippen LogP contribution in [0.15, 0.2) is 59.4 Å². The number of carbonyl (C=O) groups excluding carboxylic acids is 1. The molecule has 0 fully saturated rings. The molecule has 0 spiro atoms. The van der Waals surface area contributed by atoms with Crippen LogP contribution >= 0.6 is 11.6 Å². The lowest BCUT2D eigenvalue weighted by Crippen LogP contribution is -2.31. The van der Waals surface area contributed by atoms with E-state index < -0.39 is 0 Å². The monoisotopic (exact) mass is 442 g/mol. The molecule has 31 heavy (non-hydrogen) atoms. The van der Waals surface area contributed by atoms with Crippen LogP contribution in [0.5, 0.6) is 11.5 Å². The molecule has 3 aromatic rings. The minimum Gasteiger partial charge on any atom is -0.497 e. The van der Waals surface area contributed by atoms with Crippen molar-refractivity contribution in [1.82, 2.24) is 15.1 Å². The summed E-state index contributed by atoms with van der Waals surface area (Å²) in [6.07, 6.45) is 0.534. The molecule has 0 saturated heterocycles. The Balaban J connectivity index is 1.54. The molecule has 0 unspecified atom stereocenters. The highest BCUT2D eigenvalue weighted by atomic mass is 35.5. The topological polar surface area (TPSA) is 94.5 Å². The fourth-order valence-electron chi connectivity index (χ4n) is 2.87. The number of carbonyl (C=O) groups is 1. The van der Waals surface area contributed by atoms with Crippen LogP contribution in [0.3, 0.4) is 0 Å². The molecule has 0 atom stereocenters. The van der Waals surface area contributed by atoms with Crippen molar-refractivity contribution in [2.24, 2.45) is 0 Å². The smallest absolute Gasteiger partial charge is 0.319 e. The number of hydrogen-bond donors (Lipinski definition) is 2. The van der Waals surface area contributed by atoms with Gasteiger partial charge < -0.3 is 20.1 Å². The Labute approximate surface area is 184 Å². The van der Waals surface area contributed by atoms with E-state index in [1.165, 1.54) is 25.0 Å². The minimum atomic E-state index is -0.370. The zero-order chi connectivity index (χ0) is 22.2. The number of anilines is 1. The summed E-state index contributed by atoms with van der Waals surface area (Å²) in [4.78, 5) is 24.3. The first kappa shape index (κ1) is 22.2. The zero-order valence-corrected chi connectivity index (χ0v) is 18.0. The molecule has 0 saturated carbocycles. The number of hydrogen-bond acceptors (Lipinski definition) is 5. The number of ether oxygens (including phenoxy) is 2. The molecule has 9 heteroatoms. The van der Waals surface area contributed by atoms with Crippen molar-refractivity contribution >= 4 is 23.3 Å². The highest BCUT2D eigenvalue weighted by Crippen LogP contribution is 2.25. The fraction of sp³-hybridized carbons (Fsp3) is 0.227. The lowest BCUT2D eigenvalue weighted by Gasteiger charge is -2.11. The van der Waals surface area contributed by atoms with Crippen molar-refractivity contribution in [3.63, 3.8) is 0 Å². The van der Waals surface area contributed by atoms with Crippen molar-refractivity contribution in [3.8, 4) is 22.8 Å². The quantitative estimate of drug-likeness (QED) is 0.517. The summed E-state index contributed by atoms with van der Waals surface area (Å²) in [5, 5.41) is 10.5. The molecule has 0 bridgehead atoms. The average molecular weight is 443 g/mol. The van der Waals surface area contributed by atoms with E-state index in [1.54, 1.807) is 36.4 Å². The number of benzene rings is 2. The van der Waals surface area contributed by atoms with Gasteiger partial charge in [-0.2, -0.15) is 5.10 Å². The van der Waals surface area contributed by atoms with E-state index in [2.05, 4.69) is 15.7 Å². The normalized spacial score (nSPS) is 10.4. The molecule has 0 radical (unpaired) electrons. The van der Waals surface area contributed by atoms with E-state index in [-0.39, 0.29) is 11.6 Å². The Morgan fingerprint density at radius 2 is 1.71 bits per heavy atom. The van der Waals surface area contributed by atoms with Gasteiger partial charge in [-0.1, -0.05) is 23.7 Å². The summed E-state index contributed by atoms with van der Waals surface area (Å²) in [6.45, 7) is 0.736. The van der Waals surface area contributed by atoms with Gasteiger partial charge in [-0.25, -0.2) is 9.48 Å². The van der Waals surface area contributed by atoms with Crippen molar-refractivity contribution in [3.05, 3.63) is 70.0 Å². The van der Waals surface area contributed by atoms with Gasteiger partial charge in [0, 0.05) is 53.6 Å². The first-order valence-electron chi connectivity index (χ1n) is 9.60. The molecule has 0 aliphatic heterocycles. The van der Waals surface area contributed by atoms with Gasteiger partial charge in [-0.05, 0) is 24.6 Å². The zero-order valence-electron chi connectivity index (χ0n) is 17.2. The first-order valence-corrected chi connectivity index (χ1v) is 9.98. The largest absolute Gasteiger partial charge is 0.497 e. The predicted molar refractivity (Wildman–Crippen MR) is 120 cm³/mol. The van der Waals surface area contributed by atoms with Crippen LogP contribution in [0, 0.1) is 0 Å². The number of rotatable bonds is 8. The second kappa shape index (κ2) is 10.5. The van der Waals surface area contributed by atoms with Gasteiger partial charge in [0.05, 0.1) is 19.9 Å². The summed E-state index contributed by atoms with van der Waals surface area (Å²) >= 11 is 5.92. The maximum Gasteiger partial charge on any atom is 0.319 e. The number of nitrogens with zero attached hydrogens (tertiary/aromatic N) is 2. The molecule has 0 aliphatic rings. The molecule has 2 amide bonds. The lowest BCUT2D eigenvalue weighted by molar-refractivity contribution is 0.251. The third kappa shape index (κ3) is 6.23. The van der Waals surface area contributed by atoms with E-state index in [9.17, 15) is 9.59 Å². The Bertz CT molecular complexity index is 1080. The third-order valence-electron chi connectivity index (χ3n) is 4.45. The van der Waals surface area contributed by atoms with Gasteiger partial charge in [0.25, 0.3) is 5.56 Å². The maximum atomic E-state index is 12.2. The Hall–Kier alpha value is -3.52. The highest BCUT2D eigenvalue weighted by Gasteiger charge is 2.07. The molecule has 1 heterocycles. The van der Waals surface area contributed by atoms with E-state index >= 15 is 0 Å². The van der Waals surface area contributed by atoms with Gasteiger partial charge in [-0.15, -0.1) is 0 Å². The number of amides is 2. The minimum absolute atomic E-state index is 0.203. The standard InChI is InChI=1S/C22H23ClN4O4/c1-30-18-12-17(13-19(14-18)31-2)25-22(29)24-10-3-11-27-21(28)9-8-20(26-27)15-4-6-16(23)7-5-15/h4-9,12-14H,3,10-11H2,1-2H3,(H2,24,25,29). The van der Waals surface area contributed by atoms with Gasteiger partial charge in [0.15, 0.2) is 0 Å². The number of aromatic nitrogens is 2. The first-order chi connectivity index (χ1) is 15.0. The van der Waals surface area contributed by atoms with E-state index in [0.717, 1.165) is 5.56 Å². The lowest BCUT2D eigenvalue weighted by atomic mass is 10.1. The number of nitrogens with one attached hydrogen (secondary N) is 2. The van der Waals surface area contributed by atoms with Crippen LogP contribution in [0.2, 0.25) is 5.02 Å². The van der Waals surface area contributed by atoms with Gasteiger partial charge in [0.2, 0.25) is 0 Å². The van der Waals surface area contributed by atoms with Crippen LogP contribution in [0.4, 0.5) is 10.5 Å². The highest BCUT2D eigenvalue weighted by molar-refractivity contribution is 6.30. The van der Waals surface area contributed by atoms with Crippen LogP contribution in [-0.4, -0.2) is 36.6 Å². The molecular formula is C22H23ClN4O4. The van der Waals surface area contributed by atoms with Crippen LogP contribution in [-0.2, 0) is 6.54 Å². The molecular weight excluding hydrogens is 420 g/mol. The van der Waals surface area contributed by atoms with Crippen LogP contribution < -0.4 is 25.7 Å². The van der Waals surface area contributed by atoms with Gasteiger partial charge in [-0.3, -0.25) is 4.79 Å². The second-order valence-corrected chi connectivity index (χ2v) is 7.06. The molecule has 0 aliphatic carbocycles. The summed E-state index contributed by atoms with van der Waals surface area (Å²) in [6, 6.07) is 15.1. The molecule has 2 aromatic carbocycles. The fourth-order valence-corrected chi connectivity index (χ4v) is 3.00. The van der Waals surface area contributed by atoms with Crippen molar-refractivity contribution < 1.29 is 14.3 Å². The van der Waals surface area contributed by atoms with E-state index in [1.807, 2.05) is 12.1 Å². The number of aryl methyl sites for hydroxylation is 1. The molecule has 3 rings (SSSR count). The summed E-state index contributed by atoms with van der Waals surface area (Å²) < 4.78 is 11.8. The van der Waals surface area contributed by atoms with Crippen molar-refractivity contribution in [1.29, 1.82) is 0 Å². The maximum absolute atomic E-state index is 12.2. The van der Waals surface area contributed by atoms with Crippen LogP contribution in [0.25, 0.3) is 11.3 Å². The SMILES string of the molecule is COc1cc(NC(=O)NCCCn2nc(-c3ccc(Cl)cc3)ccc2=O)cc(OC)c1. The number of halogens is 1. The van der Waals surface area contributed by atoms with Crippen molar-refractivity contribution in [2.45, 2.75) is 13.0 Å². The van der Waals surface area contributed by atoms with Crippen LogP contribution in [0.1, 0.15) is 6.42 Å². The van der Waals surface area contributed by atoms with Crippen molar-refractivity contribution in [2.75, 3.05) is 26.1 Å². The summed E-state index contributed by atoms with van der Waals surface area (Å²) in [5.41, 5.74) is 1.88. The van der Waals surface area contributed by atoms with E-state index in [4.69, 9.17) is 21.1 Å². The Morgan fingerprint density at radius 1 is 1.03 bits per heavy atom. The molecule has 162 valence electrons. The molecule has 8 nitrogen and oxygen atoms in total. The van der Waals surface area contributed by atoms with Gasteiger partial charge >= 0.3 is 6.03 Å². The number of methoxy groups -OCH3 is 2. The molecule has 1 aromatic heterocycles. The Morgan fingerprint density at radius 3 is 2.35 bits per heavy atom. The third-order valence-corrected chi connectivity index (χ3v) is 4.70.